The number of carbonyl (C=O) groups is 7. The van der Waals surface area contributed by atoms with Gasteiger partial charge in [0.15, 0.2) is 11.3 Å². The van der Waals surface area contributed by atoms with E-state index in [1.807, 2.05) is 0 Å². The van der Waals surface area contributed by atoms with E-state index in [9.17, 15) is 38.8 Å². The molecule has 7 amide bonds. The number of methoxy groups -OCH3 is 2. The van der Waals surface area contributed by atoms with Crippen LogP contribution in [-0.2, 0) is 55.9 Å². The zero-order chi connectivity index (χ0) is 52.6. The fourth-order valence-corrected chi connectivity index (χ4v) is 7.46. The van der Waals surface area contributed by atoms with Crippen molar-refractivity contribution in [2.24, 2.45) is 17.6 Å². The largest absolute Gasteiger partial charge is 0.497 e. The molecule has 3 aromatic rings. The summed E-state index contributed by atoms with van der Waals surface area (Å²) in [4.78, 5) is 89.8. The summed E-state index contributed by atoms with van der Waals surface area (Å²) in [6.45, 7) is 7.14. The van der Waals surface area contributed by atoms with E-state index < -0.39 is 35.7 Å². The molecule has 1 aliphatic rings. The van der Waals surface area contributed by atoms with Crippen molar-refractivity contribution in [3.05, 3.63) is 84.8 Å². The number of carbonyl (C=O) groups excluding carboxylic acids is 7. The van der Waals surface area contributed by atoms with Gasteiger partial charge in [0.1, 0.15) is 24.1 Å². The van der Waals surface area contributed by atoms with Crippen LogP contribution in [0, 0.1) is 30.6 Å². The molecule has 396 valence electrons. The van der Waals surface area contributed by atoms with E-state index in [0.29, 0.717) is 34.7 Å². The topological polar surface area (TPSA) is 306 Å². The first-order valence-electron chi connectivity index (χ1n) is 23.5. The number of urea groups is 1. The lowest BCUT2D eigenvalue weighted by Crippen LogP contribution is -2.45. The third-order valence-electron chi connectivity index (χ3n) is 11.1. The molecule has 22 heteroatoms. The fraction of sp³-hybridized carbons (Fsp3) is 0.451. The van der Waals surface area contributed by atoms with Crippen LogP contribution >= 0.6 is 0 Å². The Morgan fingerprint density at radius 2 is 1.51 bits per heavy atom. The van der Waals surface area contributed by atoms with Crippen LogP contribution in [0.2, 0.25) is 0 Å². The van der Waals surface area contributed by atoms with Crippen molar-refractivity contribution < 1.29 is 66.6 Å². The first kappa shape index (κ1) is 59.7. The zero-order valence-corrected chi connectivity index (χ0v) is 42.4. The molecule has 2 aromatic carbocycles. The lowest BCUT2D eigenvalue weighted by atomic mass is 9.89. The number of nitrogens with one attached hydrogen (secondary N) is 4. The molecule has 2 heterocycles. The van der Waals surface area contributed by atoms with Crippen molar-refractivity contribution >= 4 is 58.5 Å². The molecule has 73 heavy (non-hydrogen) atoms. The van der Waals surface area contributed by atoms with Gasteiger partial charge in [-0.15, -0.1) is 0 Å². The minimum Gasteiger partial charge on any atom is -0.497 e. The van der Waals surface area contributed by atoms with Crippen LogP contribution in [0.4, 0.5) is 22.0 Å². The minimum absolute atomic E-state index is 0. The molecule has 4 rings (SSSR count). The van der Waals surface area contributed by atoms with Gasteiger partial charge in [0, 0.05) is 48.7 Å². The van der Waals surface area contributed by atoms with Gasteiger partial charge in [-0.05, 0) is 61.6 Å². The van der Waals surface area contributed by atoms with E-state index in [-0.39, 0.29) is 145 Å². The molecule has 0 fully saturated rings. The Kier molecular flexibility index (Phi) is 25.3. The molecule has 1 aliphatic heterocycles. The second-order valence-electron chi connectivity index (χ2n) is 16.7. The van der Waals surface area contributed by atoms with Crippen LogP contribution in [0.3, 0.4) is 0 Å². The maximum atomic E-state index is 13.9. The number of pyridine rings is 1. The number of ketones is 1. The number of benzene rings is 2. The molecule has 0 saturated carbocycles. The average molecular weight is 1020 g/mol. The Hall–Kier alpha value is -7.61. The lowest BCUT2D eigenvalue weighted by molar-refractivity contribution is -0.679. The first-order chi connectivity index (χ1) is 34.6. The van der Waals surface area contributed by atoms with Gasteiger partial charge in [-0.1, -0.05) is 26.0 Å². The number of imide groups is 1. The number of nitrogen functional groups attached to an aromatic ring is 1. The summed E-state index contributed by atoms with van der Waals surface area (Å²) in [6.07, 6.45) is 2.65. The summed E-state index contributed by atoms with van der Waals surface area (Å²) < 4.78 is 34.7. The average Bonchev–Trinajstić information content (AvgIpc) is 3.67. The summed E-state index contributed by atoms with van der Waals surface area (Å²) in [5.74, 6) is -2.09. The number of hydrogen-bond donors (Lipinski definition) is 6. The highest BCUT2D eigenvalue weighted by molar-refractivity contribution is 6.12. The summed E-state index contributed by atoms with van der Waals surface area (Å²) in [6, 6.07) is 13.9. The van der Waals surface area contributed by atoms with Gasteiger partial charge in [0.2, 0.25) is 11.8 Å². The van der Waals surface area contributed by atoms with Crippen molar-refractivity contribution in [1.29, 1.82) is 5.26 Å². The van der Waals surface area contributed by atoms with Gasteiger partial charge in [0.25, 0.3) is 17.6 Å². The molecule has 8 N–H and O–H groups in total. The van der Waals surface area contributed by atoms with Gasteiger partial charge in [-0.3, -0.25) is 28.9 Å². The maximum Gasteiger partial charge on any atom is 0.312 e. The van der Waals surface area contributed by atoms with Crippen molar-refractivity contribution in [3.63, 3.8) is 0 Å². The monoisotopic (exact) mass is 1020 g/mol. The molecule has 0 aliphatic carbocycles. The smallest absolute Gasteiger partial charge is 0.312 e. The molecule has 0 saturated heterocycles. The Balaban J connectivity index is 0.0000141. The number of nitrogens with two attached hydrogens (primary N) is 2. The third kappa shape index (κ3) is 19.2. The lowest BCUT2D eigenvalue weighted by Gasteiger charge is -2.24. The third-order valence-corrected chi connectivity index (χ3v) is 11.1. The number of hydrogen-bond acceptors (Lipinski definition) is 15. The number of Topliss-reactive ketones (excluding diaryl/α,β-unsaturated/α-hetero) is 1. The zero-order valence-electron chi connectivity index (χ0n) is 42.4. The van der Waals surface area contributed by atoms with Crippen LogP contribution in [0.5, 0.6) is 17.4 Å². The van der Waals surface area contributed by atoms with Crippen molar-refractivity contribution in [2.45, 2.75) is 65.5 Å². The quantitative estimate of drug-likeness (QED) is 0.0227. The normalized spacial score (nSPS) is 12.6. The number of primary amides is 1. The van der Waals surface area contributed by atoms with Crippen LogP contribution < -0.4 is 51.5 Å². The molecule has 1 aromatic heterocycles. The standard InChI is InChI=1S/C50H65N9O13.CH3/c1-6-72-49-38(30-51)39(52)29-42(56-44(62)28-35-26-37(67-4)13-14-41(35)68-5)59(49)31-33-9-11-36(12-10-33)55-48(65)34(8-7-18-54-50(53)66)27-40(60)47(32(2)3)57-43(61)17-20-69-22-24-71-25-23-70-21-19-58-45(63)15-16-46(58)64;/h9-16,26,29,32,34,47H,6-8,17-25,27-28,31H2,1-5H3,(H7,52,53,54,55,56,57,61,62,65,66);1H3/q;-1/p+1/t34-,47+;/m1./s1. The van der Waals surface area contributed by atoms with Gasteiger partial charge in [-0.25, -0.2) is 14.9 Å². The SMILES string of the molecule is CCOc1c(C#N)c(N)cc(NC(=O)Cc2cc(OC)ccc2OC)[n+]1Cc1ccc(NC(=O)[C@H](CCCNC(N)=O)CC(=O)[C@@H](NC(=O)CCOCCOCCOCCN2C(=O)C=CC2=O)C(C)C)cc1.[CH3-]. The van der Waals surface area contributed by atoms with E-state index in [1.165, 1.54) is 32.4 Å². The molecule has 2 atom stereocenters. The highest BCUT2D eigenvalue weighted by Crippen LogP contribution is 2.27. The van der Waals surface area contributed by atoms with E-state index in [0.717, 1.165) is 4.90 Å². The molecular formula is C51H69N9O13. The number of nitriles is 1. The van der Waals surface area contributed by atoms with Crippen LogP contribution in [0.25, 0.3) is 0 Å². The number of rotatable bonds is 32. The Morgan fingerprint density at radius 1 is 0.849 bits per heavy atom. The van der Waals surface area contributed by atoms with Gasteiger partial charge in [0.05, 0.1) is 91.2 Å². The number of amides is 7. The van der Waals surface area contributed by atoms with Gasteiger partial charge >= 0.3 is 17.8 Å². The summed E-state index contributed by atoms with van der Waals surface area (Å²) in [5.41, 5.74) is 13.4. The fourth-order valence-electron chi connectivity index (χ4n) is 7.46. The highest BCUT2D eigenvalue weighted by atomic mass is 16.5. The number of aromatic nitrogens is 1. The Labute approximate surface area is 426 Å². The number of nitrogens with zero attached hydrogens (tertiary/aromatic N) is 3. The Bertz CT molecular complexity index is 2420. The van der Waals surface area contributed by atoms with Crippen LogP contribution in [-0.4, -0.2) is 126 Å². The molecular weight excluding hydrogens is 947 g/mol. The second-order valence-corrected chi connectivity index (χ2v) is 16.7. The molecule has 0 radical (unpaired) electrons. The minimum atomic E-state index is -0.898. The van der Waals surface area contributed by atoms with E-state index in [4.69, 9.17) is 39.9 Å². The Morgan fingerprint density at radius 3 is 2.11 bits per heavy atom. The summed E-state index contributed by atoms with van der Waals surface area (Å²) >= 11 is 0. The predicted molar refractivity (Wildman–Crippen MR) is 269 cm³/mol. The first-order valence-corrected chi connectivity index (χ1v) is 23.5. The number of anilines is 3. The van der Waals surface area contributed by atoms with Crippen molar-refractivity contribution in [2.75, 3.05) is 89.9 Å². The highest BCUT2D eigenvalue weighted by Gasteiger charge is 2.31. The van der Waals surface area contributed by atoms with Gasteiger partial charge in [-0.2, -0.15) is 9.83 Å². The van der Waals surface area contributed by atoms with Crippen LogP contribution in [0.15, 0.2) is 60.7 Å². The van der Waals surface area contributed by atoms with E-state index >= 15 is 0 Å². The molecule has 22 nitrogen and oxygen atoms in total. The molecule has 0 bridgehead atoms. The molecule has 0 unspecified atom stereocenters. The maximum absolute atomic E-state index is 13.9. The number of ether oxygens (including phenoxy) is 6. The molecule has 0 spiro atoms. The second kappa shape index (κ2) is 31.0. The van der Waals surface area contributed by atoms with Crippen molar-refractivity contribution in [3.8, 4) is 23.4 Å². The summed E-state index contributed by atoms with van der Waals surface area (Å²) in [7, 11) is 3.02. The summed E-state index contributed by atoms with van der Waals surface area (Å²) in [5, 5.41) is 21.1. The van der Waals surface area contributed by atoms with Crippen molar-refractivity contribution in [1.82, 2.24) is 15.5 Å². The van der Waals surface area contributed by atoms with E-state index in [1.54, 1.807) is 67.8 Å². The van der Waals surface area contributed by atoms with E-state index in [2.05, 4.69) is 27.3 Å². The van der Waals surface area contributed by atoms with Crippen LogP contribution in [0.1, 0.15) is 63.1 Å². The predicted octanol–water partition coefficient (Wildman–Crippen LogP) is 2.99. The van der Waals surface area contributed by atoms with Gasteiger partial charge < -0.3 is 63.3 Å².